The van der Waals surface area contributed by atoms with E-state index in [2.05, 4.69) is 21.7 Å². The van der Waals surface area contributed by atoms with E-state index < -0.39 is 0 Å². The fourth-order valence-electron chi connectivity index (χ4n) is 3.65. The van der Waals surface area contributed by atoms with E-state index in [0.717, 1.165) is 17.0 Å². The standard InChI is InChI=1S/C20H23N5O3/c1-13-14(2)25-16-17(22(3)20(27)23(18(16)26)10-11-28-4)21-19(25)24(13)12-15-8-6-5-7-9-15/h5-9H,10-12H2,1-4H3. The van der Waals surface area contributed by atoms with Crippen LogP contribution < -0.4 is 11.2 Å². The van der Waals surface area contributed by atoms with Crippen molar-refractivity contribution in [2.75, 3.05) is 13.7 Å². The number of fused-ring (bicyclic) bond motifs is 3. The average Bonchev–Trinajstić information content (AvgIpc) is 3.19. The van der Waals surface area contributed by atoms with Crippen LogP contribution in [0.25, 0.3) is 16.9 Å². The molecule has 8 heteroatoms. The monoisotopic (exact) mass is 381 g/mol. The normalized spacial score (nSPS) is 11.7. The fourth-order valence-corrected chi connectivity index (χ4v) is 3.65. The van der Waals surface area contributed by atoms with Crippen LogP contribution in [0.4, 0.5) is 0 Å². The highest BCUT2D eigenvalue weighted by atomic mass is 16.5. The van der Waals surface area contributed by atoms with Crippen LogP contribution in [0.5, 0.6) is 0 Å². The molecule has 4 rings (SSSR count). The molecule has 3 heterocycles. The molecule has 4 aromatic rings. The number of ether oxygens (including phenoxy) is 1. The van der Waals surface area contributed by atoms with Crippen molar-refractivity contribution in [1.29, 1.82) is 0 Å². The van der Waals surface area contributed by atoms with Crippen molar-refractivity contribution < 1.29 is 4.74 Å². The van der Waals surface area contributed by atoms with Crippen LogP contribution in [0, 0.1) is 13.8 Å². The second kappa shape index (κ2) is 6.79. The largest absolute Gasteiger partial charge is 0.383 e. The van der Waals surface area contributed by atoms with Crippen LogP contribution in [0.3, 0.4) is 0 Å². The number of aryl methyl sites for hydroxylation is 2. The van der Waals surface area contributed by atoms with Crippen molar-refractivity contribution in [1.82, 2.24) is 23.1 Å². The molecule has 0 fully saturated rings. The molecule has 0 aliphatic heterocycles. The lowest BCUT2D eigenvalue weighted by Gasteiger charge is -2.08. The van der Waals surface area contributed by atoms with Gasteiger partial charge in [0.15, 0.2) is 11.2 Å². The van der Waals surface area contributed by atoms with Gasteiger partial charge in [-0.2, -0.15) is 4.98 Å². The lowest BCUT2D eigenvalue weighted by molar-refractivity contribution is 0.184. The molecule has 0 spiro atoms. The first-order chi connectivity index (χ1) is 13.5. The fraction of sp³-hybridized carbons (Fsp3) is 0.350. The van der Waals surface area contributed by atoms with Gasteiger partial charge in [-0.25, -0.2) is 4.79 Å². The second-order valence-electron chi connectivity index (χ2n) is 6.95. The zero-order valence-electron chi connectivity index (χ0n) is 16.5. The van der Waals surface area contributed by atoms with Gasteiger partial charge < -0.3 is 9.30 Å². The maximum Gasteiger partial charge on any atom is 0.332 e. The third-order valence-electron chi connectivity index (χ3n) is 5.33. The third-order valence-corrected chi connectivity index (χ3v) is 5.33. The lowest BCUT2D eigenvalue weighted by Crippen LogP contribution is -2.40. The number of hydrogen-bond donors (Lipinski definition) is 0. The Morgan fingerprint density at radius 2 is 1.75 bits per heavy atom. The van der Waals surface area contributed by atoms with Crippen LogP contribution in [0.2, 0.25) is 0 Å². The van der Waals surface area contributed by atoms with E-state index >= 15 is 0 Å². The summed E-state index contributed by atoms with van der Waals surface area (Å²) in [7, 11) is 3.19. The predicted octanol–water partition coefficient (Wildman–Crippen LogP) is 1.46. The highest BCUT2D eigenvalue weighted by Crippen LogP contribution is 2.21. The molecular formula is C20H23N5O3. The van der Waals surface area contributed by atoms with Crippen molar-refractivity contribution in [3.8, 4) is 0 Å². The van der Waals surface area contributed by atoms with Crippen molar-refractivity contribution in [3.63, 3.8) is 0 Å². The molecule has 146 valence electrons. The molecule has 0 aliphatic rings. The number of aromatic nitrogens is 5. The minimum absolute atomic E-state index is 0.202. The minimum atomic E-state index is -0.390. The topological polar surface area (TPSA) is 75.5 Å². The van der Waals surface area contributed by atoms with Gasteiger partial charge in [0.1, 0.15) is 0 Å². The Morgan fingerprint density at radius 1 is 1.04 bits per heavy atom. The lowest BCUT2D eigenvalue weighted by atomic mass is 10.2. The number of methoxy groups -OCH3 is 1. The van der Waals surface area contributed by atoms with Crippen molar-refractivity contribution in [3.05, 3.63) is 68.1 Å². The molecule has 0 unspecified atom stereocenters. The average molecular weight is 381 g/mol. The number of imidazole rings is 2. The van der Waals surface area contributed by atoms with Gasteiger partial charge in [0.2, 0.25) is 5.78 Å². The summed E-state index contributed by atoms with van der Waals surface area (Å²) in [6, 6.07) is 10.1. The van der Waals surface area contributed by atoms with Gasteiger partial charge in [-0.05, 0) is 19.4 Å². The summed E-state index contributed by atoms with van der Waals surface area (Å²) in [5.41, 5.74) is 3.18. The van der Waals surface area contributed by atoms with Gasteiger partial charge in [0.05, 0.1) is 19.7 Å². The predicted molar refractivity (Wildman–Crippen MR) is 107 cm³/mol. The molecule has 0 saturated carbocycles. The van der Waals surface area contributed by atoms with Crippen molar-refractivity contribution in [2.45, 2.75) is 26.9 Å². The van der Waals surface area contributed by atoms with Crippen LogP contribution in [-0.2, 0) is 24.9 Å². The number of rotatable bonds is 5. The summed E-state index contributed by atoms with van der Waals surface area (Å²) < 4.78 is 11.6. The van der Waals surface area contributed by atoms with E-state index in [4.69, 9.17) is 4.74 Å². The first-order valence-electron chi connectivity index (χ1n) is 9.16. The summed E-state index contributed by atoms with van der Waals surface area (Å²) in [5.74, 6) is 0.658. The third kappa shape index (κ3) is 2.60. The van der Waals surface area contributed by atoms with Crippen LogP contribution >= 0.6 is 0 Å². The van der Waals surface area contributed by atoms with Gasteiger partial charge in [0.25, 0.3) is 5.56 Å². The highest BCUT2D eigenvalue weighted by molar-refractivity contribution is 5.76. The quantitative estimate of drug-likeness (QED) is 0.525. The molecule has 0 saturated heterocycles. The zero-order chi connectivity index (χ0) is 20.0. The molecule has 0 bridgehead atoms. The van der Waals surface area contributed by atoms with Gasteiger partial charge in [-0.1, -0.05) is 30.3 Å². The summed E-state index contributed by atoms with van der Waals surface area (Å²) in [4.78, 5) is 30.5. The Hall–Kier alpha value is -3.13. The Labute approximate surface area is 161 Å². The molecule has 3 aromatic heterocycles. The smallest absolute Gasteiger partial charge is 0.332 e. The highest BCUT2D eigenvalue weighted by Gasteiger charge is 2.22. The summed E-state index contributed by atoms with van der Waals surface area (Å²) in [6.07, 6.45) is 0. The molecule has 1 aromatic carbocycles. The van der Waals surface area contributed by atoms with E-state index in [0.29, 0.717) is 23.5 Å². The molecule has 0 aliphatic carbocycles. The van der Waals surface area contributed by atoms with Crippen LogP contribution in [0.1, 0.15) is 17.0 Å². The van der Waals surface area contributed by atoms with E-state index in [1.165, 1.54) is 9.13 Å². The Balaban J connectivity index is 2.03. The summed E-state index contributed by atoms with van der Waals surface area (Å²) in [6.45, 7) is 5.11. The van der Waals surface area contributed by atoms with E-state index in [1.807, 2.05) is 36.4 Å². The molecule has 0 N–H and O–H groups in total. The van der Waals surface area contributed by atoms with E-state index in [-0.39, 0.29) is 24.4 Å². The Bertz CT molecular complexity index is 1290. The summed E-state index contributed by atoms with van der Waals surface area (Å²) >= 11 is 0. The van der Waals surface area contributed by atoms with Gasteiger partial charge in [-0.15, -0.1) is 0 Å². The number of hydrogen-bond acceptors (Lipinski definition) is 4. The Kier molecular flexibility index (Phi) is 4.43. The van der Waals surface area contributed by atoms with E-state index in [1.54, 1.807) is 14.2 Å². The van der Waals surface area contributed by atoms with E-state index in [9.17, 15) is 9.59 Å². The Morgan fingerprint density at radius 3 is 2.43 bits per heavy atom. The van der Waals surface area contributed by atoms with Gasteiger partial charge >= 0.3 is 5.69 Å². The second-order valence-corrected chi connectivity index (χ2v) is 6.95. The van der Waals surface area contributed by atoms with Crippen molar-refractivity contribution >= 4 is 16.9 Å². The van der Waals surface area contributed by atoms with Crippen LogP contribution in [0.15, 0.2) is 39.9 Å². The maximum atomic E-state index is 13.1. The molecule has 28 heavy (non-hydrogen) atoms. The number of nitrogens with zero attached hydrogens (tertiary/aromatic N) is 5. The molecule has 0 atom stereocenters. The maximum absolute atomic E-state index is 13.1. The first-order valence-corrected chi connectivity index (χ1v) is 9.16. The van der Waals surface area contributed by atoms with Crippen molar-refractivity contribution in [2.24, 2.45) is 7.05 Å². The molecule has 8 nitrogen and oxygen atoms in total. The molecule has 0 amide bonds. The minimum Gasteiger partial charge on any atom is -0.383 e. The SMILES string of the molecule is COCCn1c(=O)c2c(nc3n(Cc4ccccc4)c(C)c(C)n23)n(C)c1=O. The first kappa shape index (κ1) is 18.2. The molecule has 0 radical (unpaired) electrons. The number of benzene rings is 1. The summed E-state index contributed by atoms with van der Waals surface area (Å²) in [5, 5.41) is 0. The van der Waals surface area contributed by atoms with Gasteiger partial charge in [0, 0.05) is 25.5 Å². The molecular weight excluding hydrogens is 358 g/mol. The van der Waals surface area contributed by atoms with Gasteiger partial charge in [-0.3, -0.25) is 18.3 Å². The van der Waals surface area contributed by atoms with Crippen LogP contribution in [-0.4, -0.2) is 36.8 Å². The zero-order valence-corrected chi connectivity index (χ0v) is 16.5.